The molecule has 0 amide bonds. The number of rotatable bonds is 2. The van der Waals surface area contributed by atoms with Gasteiger partial charge in [-0.25, -0.2) is 4.98 Å². The monoisotopic (exact) mass is 269 g/mol. The molecule has 4 heteroatoms. The van der Waals surface area contributed by atoms with E-state index in [-0.39, 0.29) is 0 Å². The maximum Gasteiger partial charge on any atom is 0.132 e. The Kier molecular flexibility index (Phi) is 3.17. The third-order valence-corrected chi connectivity index (χ3v) is 3.65. The highest BCUT2D eigenvalue weighted by Crippen LogP contribution is 2.31. The molecular weight excluding hydrogens is 254 g/mol. The second-order valence-electron chi connectivity index (χ2n) is 4.65. The Morgan fingerprint density at radius 2 is 2.05 bits per heavy atom. The van der Waals surface area contributed by atoms with E-state index in [4.69, 9.17) is 18.0 Å². The predicted octanol–water partition coefficient (Wildman–Crippen LogP) is 2.80. The van der Waals surface area contributed by atoms with Gasteiger partial charge in [-0.1, -0.05) is 30.4 Å². The Hall–Kier alpha value is -1.94. The first-order valence-electron chi connectivity index (χ1n) is 6.37. The fraction of sp³-hybridized carbons (Fsp3) is 0.200. The highest BCUT2D eigenvalue weighted by Gasteiger charge is 2.18. The zero-order valence-corrected chi connectivity index (χ0v) is 11.4. The zero-order valence-electron chi connectivity index (χ0n) is 10.5. The van der Waals surface area contributed by atoms with Crippen molar-refractivity contribution in [2.45, 2.75) is 12.8 Å². The molecular formula is C15H15N3S. The summed E-state index contributed by atoms with van der Waals surface area (Å²) in [5.41, 5.74) is 9.04. The van der Waals surface area contributed by atoms with Gasteiger partial charge in [0.15, 0.2) is 0 Å². The number of nitrogens with zero attached hydrogens (tertiary/aromatic N) is 2. The minimum Gasteiger partial charge on any atom is -0.389 e. The standard InChI is InChI=1S/C15H15N3S/c16-15(19)12-7-8-14(17-10-12)18-9-3-5-11-4-1-2-6-13(11)18/h1-2,4,6-8,10H,3,5,9H2,(H2,16,19). The first-order valence-corrected chi connectivity index (χ1v) is 6.78. The van der Waals surface area contributed by atoms with Crippen molar-refractivity contribution in [3.05, 3.63) is 53.7 Å². The molecule has 0 unspecified atom stereocenters. The van der Waals surface area contributed by atoms with E-state index in [1.54, 1.807) is 6.20 Å². The Balaban J connectivity index is 1.97. The minimum atomic E-state index is 0.387. The van der Waals surface area contributed by atoms with Gasteiger partial charge in [0.2, 0.25) is 0 Å². The minimum absolute atomic E-state index is 0.387. The van der Waals surface area contributed by atoms with E-state index in [1.807, 2.05) is 12.1 Å². The third-order valence-electron chi connectivity index (χ3n) is 3.42. The van der Waals surface area contributed by atoms with Crippen LogP contribution in [0, 0.1) is 0 Å². The van der Waals surface area contributed by atoms with Crippen LogP contribution in [-0.4, -0.2) is 16.5 Å². The number of hydrogen-bond acceptors (Lipinski definition) is 3. The van der Waals surface area contributed by atoms with Crippen LogP contribution in [0.5, 0.6) is 0 Å². The lowest BCUT2D eigenvalue weighted by Crippen LogP contribution is -2.25. The lowest BCUT2D eigenvalue weighted by Gasteiger charge is -2.30. The second-order valence-corrected chi connectivity index (χ2v) is 5.09. The average Bonchev–Trinajstić information content (AvgIpc) is 2.47. The number of thiocarbonyl (C=S) groups is 1. The number of nitrogens with two attached hydrogens (primary N) is 1. The van der Waals surface area contributed by atoms with E-state index >= 15 is 0 Å². The van der Waals surface area contributed by atoms with Crippen molar-refractivity contribution in [2.75, 3.05) is 11.4 Å². The van der Waals surface area contributed by atoms with Crippen LogP contribution in [0.1, 0.15) is 17.5 Å². The number of fused-ring (bicyclic) bond motifs is 1. The molecule has 1 aromatic heterocycles. The maximum atomic E-state index is 5.60. The van der Waals surface area contributed by atoms with Crippen LogP contribution in [0.2, 0.25) is 0 Å². The van der Waals surface area contributed by atoms with Crippen molar-refractivity contribution in [3.8, 4) is 0 Å². The summed E-state index contributed by atoms with van der Waals surface area (Å²) in [4.78, 5) is 7.12. The molecule has 2 aromatic rings. The molecule has 19 heavy (non-hydrogen) atoms. The largest absolute Gasteiger partial charge is 0.389 e. The molecule has 96 valence electrons. The molecule has 0 fully saturated rings. The van der Waals surface area contributed by atoms with Crippen LogP contribution in [0.3, 0.4) is 0 Å². The molecule has 2 N–H and O–H groups in total. The molecule has 0 radical (unpaired) electrons. The first kappa shape index (κ1) is 12.1. The summed E-state index contributed by atoms with van der Waals surface area (Å²) in [6.45, 7) is 0.996. The van der Waals surface area contributed by atoms with Crippen LogP contribution in [0.4, 0.5) is 11.5 Å². The number of para-hydroxylation sites is 1. The van der Waals surface area contributed by atoms with Crippen molar-refractivity contribution in [2.24, 2.45) is 5.73 Å². The normalized spacial score (nSPS) is 14.0. The molecule has 1 aromatic carbocycles. The van der Waals surface area contributed by atoms with E-state index in [0.717, 1.165) is 30.8 Å². The van der Waals surface area contributed by atoms with Crippen molar-refractivity contribution >= 4 is 28.7 Å². The van der Waals surface area contributed by atoms with Gasteiger partial charge in [0.25, 0.3) is 0 Å². The maximum absolute atomic E-state index is 5.60. The summed E-state index contributed by atoms with van der Waals surface area (Å²) in [6, 6.07) is 12.4. The van der Waals surface area contributed by atoms with Gasteiger partial charge < -0.3 is 10.6 Å². The summed E-state index contributed by atoms with van der Waals surface area (Å²) in [6.07, 6.45) is 4.03. The number of anilines is 2. The van der Waals surface area contributed by atoms with Crippen LogP contribution >= 0.6 is 12.2 Å². The number of aromatic nitrogens is 1. The smallest absolute Gasteiger partial charge is 0.132 e. The Morgan fingerprint density at radius 3 is 2.79 bits per heavy atom. The Morgan fingerprint density at radius 1 is 1.21 bits per heavy atom. The lowest BCUT2D eigenvalue weighted by atomic mass is 10.0. The highest BCUT2D eigenvalue weighted by molar-refractivity contribution is 7.80. The molecule has 0 atom stereocenters. The van der Waals surface area contributed by atoms with Crippen LogP contribution < -0.4 is 10.6 Å². The van der Waals surface area contributed by atoms with Crippen molar-refractivity contribution in [1.82, 2.24) is 4.98 Å². The van der Waals surface area contributed by atoms with Crippen molar-refractivity contribution in [1.29, 1.82) is 0 Å². The number of hydrogen-bond donors (Lipinski definition) is 1. The van der Waals surface area contributed by atoms with E-state index in [0.29, 0.717) is 4.99 Å². The van der Waals surface area contributed by atoms with Gasteiger partial charge >= 0.3 is 0 Å². The van der Waals surface area contributed by atoms with Crippen LogP contribution in [0.15, 0.2) is 42.6 Å². The molecule has 0 saturated carbocycles. The van der Waals surface area contributed by atoms with Crippen molar-refractivity contribution < 1.29 is 0 Å². The first-order chi connectivity index (χ1) is 9.25. The van der Waals surface area contributed by atoms with E-state index in [1.165, 1.54) is 11.3 Å². The van der Waals surface area contributed by atoms with Crippen LogP contribution in [0.25, 0.3) is 0 Å². The van der Waals surface area contributed by atoms with Crippen LogP contribution in [-0.2, 0) is 6.42 Å². The van der Waals surface area contributed by atoms with Gasteiger partial charge in [-0.05, 0) is 36.6 Å². The average molecular weight is 269 g/mol. The summed E-state index contributed by atoms with van der Waals surface area (Å²) in [5, 5.41) is 0. The summed E-state index contributed by atoms with van der Waals surface area (Å²) < 4.78 is 0. The molecule has 2 heterocycles. The molecule has 3 nitrogen and oxygen atoms in total. The van der Waals surface area contributed by atoms with Gasteiger partial charge in [0.05, 0.1) is 0 Å². The van der Waals surface area contributed by atoms with Gasteiger partial charge in [0, 0.05) is 24.0 Å². The van der Waals surface area contributed by atoms with Crippen molar-refractivity contribution in [3.63, 3.8) is 0 Å². The van der Waals surface area contributed by atoms with Gasteiger partial charge in [-0.3, -0.25) is 0 Å². The third kappa shape index (κ3) is 2.31. The van der Waals surface area contributed by atoms with Gasteiger partial charge in [-0.15, -0.1) is 0 Å². The van der Waals surface area contributed by atoms with Gasteiger partial charge in [-0.2, -0.15) is 0 Å². The number of benzene rings is 1. The zero-order chi connectivity index (χ0) is 13.2. The van der Waals surface area contributed by atoms with E-state index < -0.39 is 0 Å². The summed E-state index contributed by atoms with van der Waals surface area (Å²) in [7, 11) is 0. The number of pyridine rings is 1. The molecule has 1 aliphatic heterocycles. The van der Waals surface area contributed by atoms with Gasteiger partial charge in [0.1, 0.15) is 10.8 Å². The molecule has 3 rings (SSSR count). The van der Waals surface area contributed by atoms with E-state index in [2.05, 4.69) is 34.1 Å². The predicted molar refractivity (Wildman–Crippen MR) is 81.9 cm³/mol. The SMILES string of the molecule is NC(=S)c1ccc(N2CCCc3ccccc32)nc1. The number of aryl methyl sites for hydroxylation is 1. The Bertz CT molecular complexity index is 607. The summed E-state index contributed by atoms with van der Waals surface area (Å²) in [5.74, 6) is 0.951. The second kappa shape index (κ2) is 4.97. The molecule has 1 aliphatic rings. The quantitative estimate of drug-likeness (QED) is 0.851. The molecule has 0 aliphatic carbocycles. The Labute approximate surface area is 118 Å². The van der Waals surface area contributed by atoms with E-state index in [9.17, 15) is 0 Å². The lowest BCUT2D eigenvalue weighted by molar-refractivity contribution is 0.760. The topological polar surface area (TPSA) is 42.1 Å². The molecule has 0 bridgehead atoms. The molecule has 0 spiro atoms. The molecule has 0 saturated heterocycles. The fourth-order valence-corrected chi connectivity index (χ4v) is 2.58. The summed E-state index contributed by atoms with van der Waals surface area (Å²) >= 11 is 4.95. The fourth-order valence-electron chi connectivity index (χ4n) is 2.46. The highest BCUT2D eigenvalue weighted by atomic mass is 32.1.